The van der Waals surface area contributed by atoms with Gasteiger partial charge in [-0.1, -0.05) is 12.8 Å². The number of hydrogen-bond acceptors (Lipinski definition) is 5. The third kappa shape index (κ3) is 2.39. The molecule has 1 N–H and O–H groups in total. The van der Waals surface area contributed by atoms with E-state index in [1.54, 1.807) is 0 Å². The van der Waals surface area contributed by atoms with E-state index in [4.69, 9.17) is 4.74 Å². The standard InChI is InChI=1S/C13H21N3OS/c1-14-8-10-9-15-13(18-10)16-6-7-17-12-5-3-2-4-11(12)16/h9,11-12,14H,2-8H2,1H3. The minimum atomic E-state index is 0.434. The summed E-state index contributed by atoms with van der Waals surface area (Å²) in [6.45, 7) is 2.76. The third-order valence-electron chi connectivity index (χ3n) is 3.87. The van der Waals surface area contributed by atoms with Gasteiger partial charge in [0.15, 0.2) is 5.13 Å². The molecule has 18 heavy (non-hydrogen) atoms. The highest BCUT2D eigenvalue weighted by Crippen LogP contribution is 2.33. The quantitative estimate of drug-likeness (QED) is 0.909. The van der Waals surface area contributed by atoms with E-state index in [1.807, 2.05) is 24.6 Å². The second-order valence-electron chi connectivity index (χ2n) is 5.09. The second kappa shape index (κ2) is 5.55. The number of aromatic nitrogens is 1. The zero-order valence-corrected chi connectivity index (χ0v) is 11.7. The number of nitrogens with one attached hydrogen (secondary N) is 1. The largest absolute Gasteiger partial charge is 0.374 e. The van der Waals surface area contributed by atoms with E-state index >= 15 is 0 Å². The zero-order chi connectivity index (χ0) is 12.4. The number of thiazole rings is 1. The number of fused-ring (bicyclic) bond motifs is 1. The molecule has 1 aliphatic carbocycles. The summed E-state index contributed by atoms with van der Waals surface area (Å²) in [5.74, 6) is 0. The van der Waals surface area contributed by atoms with Gasteiger partial charge in [0.2, 0.25) is 0 Å². The molecule has 2 heterocycles. The van der Waals surface area contributed by atoms with E-state index in [0.29, 0.717) is 12.1 Å². The highest BCUT2D eigenvalue weighted by Gasteiger charge is 2.35. The summed E-state index contributed by atoms with van der Waals surface area (Å²) in [5.41, 5.74) is 0. The van der Waals surface area contributed by atoms with Crippen LogP contribution in [0.3, 0.4) is 0 Å². The Bertz CT molecular complexity index is 393. The van der Waals surface area contributed by atoms with E-state index in [9.17, 15) is 0 Å². The maximum absolute atomic E-state index is 5.91. The molecule has 4 nitrogen and oxygen atoms in total. The molecule has 1 aromatic heterocycles. The predicted molar refractivity (Wildman–Crippen MR) is 74.2 cm³/mol. The molecule has 0 amide bonds. The van der Waals surface area contributed by atoms with E-state index < -0.39 is 0 Å². The molecule has 0 bridgehead atoms. The normalized spacial score (nSPS) is 28.2. The van der Waals surface area contributed by atoms with Gasteiger partial charge in [0.05, 0.1) is 18.8 Å². The van der Waals surface area contributed by atoms with Crippen molar-refractivity contribution in [3.8, 4) is 0 Å². The van der Waals surface area contributed by atoms with E-state index in [0.717, 1.165) is 19.7 Å². The maximum Gasteiger partial charge on any atom is 0.185 e. The highest BCUT2D eigenvalue weighted by molar-refractivity contribution is 7.15. The lowest BCUT2D eigenvalue weighted by molar-refractivity contribution is -0.00868. The molecule has 2 unspecified atom stereocenters. The van der Waals surface area contributed by atoms with Crippen LogP contribution in [0, 0.1) is 0 Å². The molecule has 0 radical (unpaired) electrons. The average molecular weight is 267 g/mol. The van der Waals surface area contributed by atoms with Gasteiger partial charge in [0.1, 0.15) is 0 Å². The van der Waals surface area contributed by atoms with Crippen LogP contribution in [0.5, 0.6) is 0 Å². The molecule has 1 saturated heterocycles. The van der Waals surface area contributed by atoms with Crippen molar-refractivity contribution in [2.45, 2.75) is 44.4 Å². The predicted octanol–water partition coefficient (Wildman–Crippen LogP) is 2.01. The fourth-order valence-electron chi connectivity index (χ4n) is 3.02. The van der Waals surface area contributed by atoms with Crippen LogP contribution >= 0.6 is 11.3 Å². The van der Waals surface area contributed by atoms with Crippen molar-refractivity contribution < 1.29 is 4.74 Å². The first-order valence-corrected chi connectivity index (χ1v) is 7.67. The topological polar surface area (TPSA) is 37.4 Å². The molecular formula is C13H21N3OS. The Balaban J connectivity index is 1.76. The minimum absolute atomic E-state index is 0.434. The summed E-state index contributed by atoms with van der Waals surface area (Å²) in [4.78, 5) is 8.39. The van der Waals surface area contributed by atoms with Crippen molar-refractivity contribution in [1.29, 1.82) is 0 Å². The van der Waals surface area contributed by atoms with Crippen LogP contribution in [-0.2, 0) is 11.3 Å². The Hall–Kier alpha value is -0.650. The van der Waals surface area contributed by atoms with Crippen molar-refractivity contribution in [2.75, 3.05) is 25.1 Å². The van der Waals surface area contributed by atoms with Gasteiger partial charge in [0.25, 0.3) is 0 Å². The minimum Gasteiger partial charge on any atom is -0.374 e. The number of nitrogens with zero attached hydrogens (tertiary/aromatic N) is 2. The monoisotopic (exact) mass is 267 g/mol. The van der Waals surface area contributed by atoms with Crippen molar-refractivity contribution in [3.05, 3.63) is 11.1 Å². The SMILES string of the molecule is CNCc1cnc(N2CCOC3CCCCC32)s1. The van der Waals surface area contributed by atoms with Gasteiger partial charge in [-0.15, -0.1) is 11.3 Å². The number of ether oxygens (including phenoxy) is 1. The first-order valence-electron chi connectivity index (χ1n) is 6.86. The van der Waals surface area contributed by atoms with E-state index in [-0.39, 0.29) is 0 Å². The Morgan fingerprint density at radius 3 is 3.28 bits per heavy atom. The molecule has 1 saturated carbocycles. The molecule has 2 aliphatic rings. The summed E-state index contributed by atoms with van der Waals surface area (Å²) in [5, 5.41) is 4.36. The van der Waals surface area contributed by atoms with E-state index in [1.165, 1.54) is 35.7 Å². The number of morpholine rings is 1. The summed E-state index contributed by atoms with van der Waals surface area (Å²) in [6.07, 6.45) is 7.56. The maximum atomic E-state index is 5.91. The van der Waals surface area contributed by atoms with Gasteiger partial charge in [-0.3, -0.25) is 0 Å². The smallest absolute Gasteiger partial charge is 0.185 e. The van der Waals surface area contributed by atoms with Crippen LogP contribution < -0.4 is 10.2 Å². The lowest BCUT2D eigenvalue weighted by atomic mass is 9.90. The average Bonchev–Trinajstić information content (AvgIpc) is 2.87. The van der Waals surface area contributed by atoms with Gasteiger partial charge in [-0.2, -0.15) is 0 Å². The summed E-state index contributed by atoms with van der Waals surface area (Å²) < 4.78 is 5.91. The molecule has 100 valence electrons. The number of rotatable bonds is 3. The molecule has 1 aliphatic heterocycles. The van der Waals surface area contributed by atoms with Gasteiger partial charge in [-0.05, 0) is 19.9 Å². The Labute approximate surface area is 112 Å². The molecule has 2 atom stereocenters. The number of hydrogen-bond donors (Lipinski definition) is 1. The van der Waals surface area contributed by atoms with Gasteiger partial charge in [0, 0.05) is 24.2 Å². The van der Waals surface area contributed by atoms with Crippen molar-refractivity contribution >= 4 is 16.5 Å². The molecule has 2 fully saturated rings. The van der Waals surface area contributed by atoms with E-state index in [2.05, 4.69) is 15.2 Å². The second-order valence-corrected chi connectivity index (χ2v) is 6.19. The van der Waals surface area contributed by atoms with Crippen LogP contribution in [0.2, 0.25) is 0 Å². The summed E-state index contributed by atoms with van der Waals surface area (Å²) in [7, 11) is 1.98. The van der Waals surface area contributed by atoms with Gasteiger partial charge in [-0.25, -0.2) is 4.98 Å². The lowest BCUT2D eigenvalue weighted by Crippen LogP contribution is -2.52. The highest BCUT2D eigenvalue weighted by atomic mass is 32.1. The Kier molecular flexibility index (Phi) is 3.82. The van der Waals surface area contributed by atoms with Crippen molar-refractivity contribution in [2.24, 2.45) is 0 Å². The van der Waals surface area contributed by atoms with Crippen LogP contribution in [0.1, 0.15) is 30.6 Å². The zero-order valence-electron chi connectivity index (χ0n) is 10.9. The third-order valence-corrected chi connectivity index (χ3v) is 4.90. The molecule has 0 aromatic carbocycles. The van der Waals surface area contributed by atoms with Crippen LogP contribution in [0.25, 0.3) is 0 Å². The Morgan fingerprint density at radius 2 is 2.39 bits per heavy atom. The molecule has 0 spiro atoms. The van der Waals surface area contributed by atoms with Crippen LogP contribution in [0.4, 0.5) is 5.13 Å². The van der Waals surface area contributed by atoms with Gasteiger partial charge < -0.3 is 15.0 Å². The first kappa shape index (κ1) is 12.4. The van der Waals surface area contributed by atoms with Crippen molar-refractivity contribution in [3.63, 3.8) is 0 Å². The lowest BCUT2D eigenvalue weighted by Gasteiger charge is -2.43. The number of anilines is 1. The van der Waals surface area contributed by atoms with Gasteiger partial charge >= 0.3 is 0 Å². The Morgan fingerprint density at radius 1 is 1.50 bits per heavy atom. The fourth-order valence-corrected chi connectivity index (χ4v) is 4.03. The van der Waals surface area contributed by atoms with Crippen molar-refractivity contribution in [1.82, 2.24) is 10.3 Å². The molecule has 5 heteroatoms. The molecule has 3 rings (SSSR count). The summed E-state index contributed by atoms with van der Waals surface area (Å²) in [6, 6.07) is 0.557. The fraction of sp³-hybridized carbons (Fsp3) is 0.769. The summed E-state index contributed by atoms with van der Waals surface area (Å²) >= 11 is 1.82. The molecular weight excluding hydrogens is 246 g/mol. The first-order chi connectivity index (χ1) is 8.88. The van der Waals surface area contributed by atoms with Crippen LogP contribution in [0.15, 0.2) is 6.20 Å². The molecule has 1 aromatic rings. The van der Waals surface area contributed by atoms with Crippen LogP contribution in [-0.4, -0.2) is 37.3 Å².